The van der Waals surface area contributed by atoms with Gasteiger partial charge in [-0.15, -0.1) is 0 Å². The lowest BCUT2D eigenvalue weighted by atomic mass is 10.2. The predicted molar refractivity (Wildman–Crippen MR) is 74.6 cm³/mol. The summed E-state index contributed by atoms with van der Waals surface area (Å²) in [4.78, 5) is 23.1. The number of nitrogens with one attached hydrogen (secondary N) is 1. The highest BCUT2D eigenvalue weighted by molar-refractivity contribution is 6.36. The maximum atomic E-state index is 11.7. The van der Waals surface area contributed by atoms with Crippen molar-refractivity contribution in [1.82, 2.24) is 5.32 Å². The van der Waals surface area contributed by atoms with E-state index in [1.54, 1.807) is 0 Å². The van der Waals surface area contributed by atoms with Crippen LogP contribution in [0.15, 0.2) is 18.2 Å². The summed E-state index contributed by atoms with van der Waals surface area (Å²) in [6, 6.07) is 4.43. The molecule has 0 aromatic heterocycles. The van der Waals surface area contributed by atoms with E-state index in [-0.39, 0.29) is 23.1 Å². The van der Waals surface area contributed by atoms with Crippen LogP contribution in [0.1, 0.15) is 24.2 Å². The lowest BCUT2D eigenvalue weighted by molar-refractivity contribution is -0.124. The van der Waals surface area contributed by atoms with Crippen LogP contribution in [0.5, 0.6) is 0 Å². The van der Waals surface area contributed by atoms with E-state index in [0.717, 1.165) is 0 Å². The Kier molecular flexibility index (Phi) is 6.12. The van der Waals surface area contributed by atoms with Gasteiger partial charge in [0, 0.05) is 11.6 Å². The second kappa shape index (κ2) is 7.36. The van der Waals surface area contributed by atoms with Crippen LogP contribution in [0.3, 0.4) is 0 Å². The molecule has 104 valence electrons. The van der Waals surface area contributed by atoms with E-state index < -0.39 is 5.97 Å². The molecule has 0 radical (unpaired) electrons. The normalized spacial score (nSPS) is 10.4. The molecule has 0 aliphatic carbocycles. The van der Waals surface area contributed by atoms with E-state index in [0.29, 0.717) is 17.5 Å². The largest absolute Gasteiger partial charge is 0.452 e. The second-order valence-electron chi connectivity index (χ2n) is 4.40. The number of carbonyl (C=O) groups excluding carboxylic acids is 2. The van der Waals surface area contributed by atoms with Gasteiger partial charge in [-0.1, -0.05) is 37.0 Å². The number of benzene rings is 1. The van der Waals surface area contributed by atoms with Crippen molar-refractivity contribution in [3.63, 3.8) is 0 Å². The molecule has 0 aliphatic rings. The van der Waals surface area contributed by atoms with Crippen LogP contribution in [-0.4, -0.2) is 25.0 Å². The Balaban J connectivity index is 2.49. The fourth-order valence-electron chi connectivity index (χ4n) is 1.23. The summed E-state index contributed by atoms with van der Waals surface area (Å²) >= 11 is 11.6. The van der Waals surface area contributed by atoms with E-state index in [4.69, 9.17) is 27.9 Å². The molecule has 0 aliphatic heterocycles. The third-order valence-electron chi connectivity index (χ3n) is 2.19. The van der Waals surface area contributed by atoms with Gasteiger partial charge in [0.25, 0.3) is 5.91 Å². The minimum absolute atomic E-state index is 0.183. The zero-order chi connectivity index (χ0) is 14.4. The molecule has 1 aromatic rings. The highest BCUT2D eigenvalue weighted by atomic mass is 35.5. The summed E-state index contributed by atoms with van der Waals surface area (Å²) in [5.74, 6) is -0.654. The van der Waals surface area contributed by atoms with Crippen LogP contribution < -0.4 is 5.32 Å². The Bertz CT molecular complexity index is 475. The molecule has 1 amide bonds. The number of esters is 1. The molecule has 0 heterocycles. The Hall–Kier alpha value is -1.26. The second-order valence-corrected chi connectivity index (χ2v) is 5.24. The minimum Gasteiger partial charge on any atom is -0.452 e. The number of carbonyl (C=O) groups is 2. The topological polar surface area (TPSA) is 55.4 Å². The zero-order valence-corrected chi connectivity index (χ0v) is 12.2. The molecule has 4 nitrogen and oxygen atoms in total. The van der Waals surface area contributed by atoms with Crippen LogP contribution in [-0.2, 0) is 9.53 Å². The van der Waals surface area contributed by atoms with Gasteiger partial charge in [0.05, 0.1) is 10.6 Å². The average molecular weight is 304 g/mol. The highest BCUT2D eigenvalue weighted by Gasteiger charge is 2.14. The third kappa shape index (κ3) is 5.49. The summed E-state index contributed by atoms with van der Waals surface area (Å²) in [7, 11) is 0. The van der Waals surface area contributed by atoms with E-state index in [1.165, 1.54) is 18.2 Å². The van der Waals surface area contributed by atoms with Crippen LogP contribution in [0.2, 0.25) is 10.0 Å². The average Bonchev–Trinajstić information content (AvgIpc) is 2.33. The Morgan fingerprint density at radius 1 is 1.32 bits per heavy atom. The van der Waals surface area contributed by atoms with Gasteiger partial charge in [0.15, 0.2) is 6.61 Å². The number of hydrogen-bond acceptors (Lipinski definition) is 3. The molecule has 6 heteroatoms. The quantitative estimate of drug-likeness (QED) is 0.851. The van der Waals surface area contributed by atoms with E-state index >= 15 is 0 Å². The number of amides is 1. The molecule has 0 fully saturated rings. The summed E-state index contributed by atoms with van der Waals surface area (Å²) in [5, 5.41) is 3.26. The van der Waals surface area contributed by atoms with Gasteiger partial charge in [-0.25, -0.2) is 4.79 Å². The fourth-order valence-corrected chi connectivity index (χ4v) is 1.72. The Morgan fingerprint density at radius 3 is 2.58 bits per heavy atom. The van der Waals surface area contributed by atoms with Crippen LogP contribution in [0.4, 0.5) is 0 Å². The lowest BCUT2D eigenvalue weighted by Gasteiger charge is -2.09. The summed E-state index contributed by atoms with van der Waals surface area (Å²) in [6.07, 6.45) is 0. The number of ether oxygens (including phenoxy) is 1. The van der Waals surface area contributed by atoms with Crippen molar-refractivity contribution >= 4 is 35.1 Å². The number of rotatable bonds is 5. The van der Waals surface area contributed by atoms with Crippen molar-refractivity contribution in [3.05, 3.63) is 33.8 Å². The van der Waals surface area contributed by atoms with Gasteiger partial charge in [-0.2, -0.15) is 0 Å². The van der Waals surface area contributed by atoms with E-state index in [2.05, 4.69) is 5.32 Å². The standard InChI is InChI=1S/C13H15Cl2NO3/c1-8(2)6-16-12(17)7-19-13(18)10-4-3-9(14)5-11(10)15/h3-5,8H,6-7H2,1-2H3,(H,16,17). The highest BCUT2D eigenvalue weighted by Crippen LogP contribution is 2.21. The molecule has 0 spiro atoms. The van der Waals surface area contributed by atoms with Crippen LogP contribution >= 0.6 is 23.2 Å². The first-order valence-corrected chi connectivity index (χ1v) is 6.54. The number of hydrogen-bond donors (Lipinski definition) is 1. The lowest BCUT2D eigenvalue weighted by Crippen LogP contribution is -2.31. The van der Waals surface area contributed by atoms with Gasteiger partial charge < -0.3 is 10.1 Å². The van der Waals surface area contributed by atoms with Crippen molar-refractivity contribution < 1.29 is 14.3 Å². The first-order chi connectivity index (χ1) is 8.90. The third-order valence-corrected chi connectivity index (χ3v) is 2.74. The molecule has 0 saturated heterocycles. The van der Waals surface area contributed by atoms with Gasteiger partial charge in [-0.3, -0.25) is 4.79 Å². The predicted octanol–water partition coefficient (Wildman–Crippen LogP) is 2.92. The van der Waals surface area contributed by atoms with Crippen molar-refractivity contribution in [2.24, 2.45) is 5.92 Å². The SMILES string of the molecule is CC(C)CNC(=O)COC(=O)c1ccc(Cl)cc1Cl. The summed E-state index contributed by atoms with van der Waals surface area (Å²) in [5.41, 5.74) is 0.183. The Labute approximate surface area is 122 Å². The Morgan fingerprint density at radius 2 is 2.00 bits per heavy atom. The maximum absolute atomic E-state index is 11.7. The van der Waals surface area contributed by atoms with Gasteiger partial charge in [0.2, 0.25) is 0 Å². The van der Waals surface area contributed by atoms with Crippen molar-refractivity contribution in [2.75, 3.05) is 13.2 Å². The zero-order valence-electron chi connectivity index (χ0n) is 10.7. The monoisotopic (exact) mass is 303 g/mol. The van der Waals surface area contributed by atoms with Gasteiger partial charge in [0.1, 0.15) is 0 Å². The van der Waals surface area contributed by atoms with E-state index in [9.17, 15) is 9.59 Å². The first-order valence-electron chi connectivity index (χ1n) is 5.79. The van der Waals surface area contributed by atoms with Gasteiger partial charge in [-0.05, 0) is 24.1 Å². The van der Waals surface area contributed by atoms with Crippen LogP contribution in [0.25, 0.3) is 0 Å². The maximum Gasteiger partial charge on any atom is 0.340 e. The van der Waals surface area contributed by atoms with Gasteiger partial charge >= 0.3 is 5.97 Å². The minimum atomic E-state index is -0.652. The fraction of sp³-hybridized carbons (Fsp3) is 0.385. The molecular formula is C13H15Cl2NO3. The molecule has 1 aromatic carbocycles. The first kappa shape index (κ1) is 15.8. The van der Waals surface area contributed by atoms with Crippen LogP contribution in [0, 0.1) is 5.92 Å². The molecule has 19 heavy (non-hydrogen) atoms. The molecular weight excluding hydrogens is 289 g/mol. The van der Waals surface area contributed by atoms with Crippen molar-refractivity contribution in [2.45, 2.75) is 13.8 Å². The summed E-state index contributed by atoms with van der Waals surface area (Å²) in [6.45, 7) is 4.15. The van der Waals surface area contributed by atoms with E-state index in [1.807, 2.05) is 13.8 Å². The molecule has 0 unspecified atom stereocenters. The molecule has 1 N–H and O–H groups in total. The smallest absolute Gasteiger partial charge is 0.340 e. The van der Waals surface area contributed by atoms with Crippen molar-refractivity contribution in [1.29, 1.82) is 0 Å². The molecule has 0 saturated carbocycles. The summed E-state index contributed by atoms with van der Waals surface area (Å²) < 4.78 is 4.86. The number of halogens is 2. The van der Waals surface area contributed by atoms with Crippen molar-refractivity contribution in [3.8, 4) is 0 Å². The molecule has 0 bridgehead atoms. The molecule has 1 rings (SSSR count). The molecule has 0 atom stereocenters.